The molecule has 1 aliphatic heterocycles. The average Bonchev–Trinajstić information content (AvgIpc) is 3.56. The number of aromatic nitrogens is 1. The Hall–Kier alpha value is -1.85. The minimum Gasteiger partial charge on any atom is -0.356 e. The van der Waals surface area contributed by atoms with Crippen LogP contribution < -0.4 is 0 Å². The molecule has 0 bridgehead atoms. The number of benzene rings is 2. The average molecular weight is 517 g/mol. The molecule has 190 valence electrons. The van der Waals surface area contributed by atoms with Crippen LogP contribution in [0.3, 0.4) is 0 Å². The van der Waals surface area contributed by atoms with Crippen molar-refractivity contribution in [3.05, 3.63) is 70.9 Å². The Labute approximate surface area is 222 Å². The van der Waals surface area contributed by atoms with Crippen LogP contribution in [0.2, 0.25) is 0 Å². The molecule has 35 heavy (non-hydrogen) atoms. The fourth-order valence-corrected chi connectivity index (χ4v) is 5.08. The maximum absolute atomic E-state index is 5.95. The van der Waals surface area contributed by atoms with Crippen LogP contribution in [-0.2, 0) is 19.5 Å². The largest absolute Gasteiger partial charge is 0.356 e. The summed E-state index contributed by atoms with van der Waals surface area (Å²) in [6, 6.07) is 15.3. The lowest BCUT2D eigenvalue weighted by atomic mass is 9.90. The van der Waals surface area contributed by atoms with Crippen LogP contribution in [0.25, 0.3) is 17.0 Å². The molecule has 1 aliphatic carbocycles. The highest BCUT2D eigenvalue weighted by Crippen LogP contribution is 2.33. The van der Waals surface area contributed by atoms with Crippen molar-refractivity contribution in [2.24, 2.45) is 11.8 Å². The second kappa shape index (κ2) is 12.9. The van der Waals surface area contributed by atoms with E-state index in [1.807, 2.05) is 0 Å². The highest BCUT2D eigenvalue weighted by atomic mass is 35.5. The van der Waals surface area contributed by atoms with Crippen LogP contribution in [-0.4, -0.2) is 42.1 Å². The number of rotatable bonds is 9. The fourth-order valence-electron chi connectivity index (χ4n) is 5.08. The van der Waals surface area contributed by atoms with E-state index in [1.54, 1.807) is 0 Å². The summed E-state index contributed by atoms with van der Waals surface area (Å²) in [7, 11) is 4.24. The van der Waals surface area contributed by atoms with E-state index in [0.717, 1.165) is 42.6 Å². The first-order chi connectivity index (χ1) is 16.2. The molecule has 0 N–H and O–H groups in total. The van der Waals surface area contributed by atoms with Crippen molar-refractivity contribution in [2.75, 3.05) is 27.2 Å². The number of likely N-dealkylation sites (tertiary alicyclic amines) is 1. The first kappa shape index (κ1) is 27.7. The van der Waals surface area contributed by atoms with E-state index in [9.17, 15) is 0 Å². The zero-order chi connectivity index (χ0) is 22.6. The van der Waals surface area contributed by atoms with Crippen molar-refractivity contribution < 1.29 is 4.52 Å². The molecule has 6 heteroatoms. The first-order valence-electron chi connectivity index (χ1n) is 12.6. The molecule has 4 nitrogen and oxygen atoms in total. The van der Waals surface area contributed by atoms with Crippen LogP contribution in [0, 0.1) is 11.8 Å². The van der Waals surface area contributed by atoms with Gasteiger partial charge in [0.1, 0.15) is 0 Å². The zero-order valence-electron chi connectivity index (χ0n) is 21.0. The van der Waals surface area contributed by atoms with Crippen LogP contribution in [0.4, 0.5) is 0 Å². The number of hydrogen-bond acceptors (Lipinski definition) is 4. The van der Waals surface area contributed by atoms with Crippen molar-refractivity contribution >= 4 is 41.9 Å². The molecule has 0 radical (unpaired) electrons. The number of piperidine rings is 1. The van der Waals surface area contributed by atoms with E-state index in [2.05, 4.69) is 83.7 Å². The summed E-state index contributed by atoms with van der Waals surface area (Å²) in [5.74, 6) is 1.56. The van der Waals surface area contributed by atoms with Gasteiger partial charge in [-0.15, -0.1) is 24.8 Å². The van der Waals surface area contributed by atoms with Crippen molar-refractivity contribution in [3.8, 4) is 0 Å². The molecule has 2 aromatic carbocycles. The molecule has 0 unspecified atom stereocenters. The van der Waals surface area contributed by atoms with Gasteiger partial charge in [-0.1, -0.05) is 53.7 Å². The van der Waals surface area contributed by atoms with Crippen molar-refractivity contribution in [1.82, 2.24) is 15.0 Å². The third-order valence-corrected chi connectivity index (χ3v) is 7.24. The second-order valence-corrected chi connectivity index (χ2v) is 10.3. The van der Waals surface area contributed by atoms with Crippen molar-refractivity contribution in [3.63, 3.8) is 0 Å². The number of halogens is 2. The van der Waals surface area contributed by atoms with Crippen molar-refractivity contribution in [2.45, 2.75) is 51.6 Å². The minimum atomic E-state index is 0. The fraction of sp³-hybridized carbons (Fsp3) is 0.483. The first-order valence-corrected chi connectivity index (χ1v) is 12.6. The predicted molar refractivity (Wildman–Crippen MR) is 150 cm³/mol. The normalized spacial score (nSPS) is 17.1. The van der Waals surface area contributed by atoms with Gasteiger partial charge in [-0.25, -0.2) is 0 Å². The van der Waals surface area contributed by atoms with E-state index in [0.29, 0.717) is 0 Å². The molecule has 1 saturated carbocycles. The van der Waals surface area contributed by atoms with Gasteiger partial charge >= 0.3 is 0 Å². The molecule has 0 atom stereocenters. The second-order valence-electron chi connectivity index (χ2n) is 10.3. The van der Waals surface area contributed by atoms with Gasteiger partial charge in [0.2, 0.25) is 0 Å². The van der Waals surface area contributed by atoms with Gasteiger partial charge in [-0.2, -0.15) is 0 Å². The molecule has 1 aromatic heterocycles. The number of hydrogen-bond donors (Lipinski definition) is 0. The Morgan fingerprint density at radius 2 is 1.74 bits per heavy atom. The van der Waals surface area contributed by atoms with E-state index < -0.39 is 0 Å². The lowest BCUT2D eigenvalue weighted by molar-refractivity contribution is 0.172. The summed E-state index contributed by atoms with van der Waals surface area (Å²) in [6.07, 6.45) is 12.1. The Balaban J connectivity index is 0.00000171. The topological polar surface area (TPSA) is 32.5 Å². The summed E-state index contributed by atoms with van der Waals surface area (Å²) < 4.78 is 5.95. The molecular weight excluding hydrogens is 477 g/mol. The summed E-state index contributed by atoms with van der Waals surface area (Å²) in [4.78, 5) is 4.82. The van der Waals surface area contributed by atoms with Crippen LogP contribution >= 0.6 is 24.8 Å². The Morgan fingerprint density at radius 3 is 2.43 bits per heavy atom. The number of fused-ring (bicyclic) bond motifs is 1. The molecule has 2 heterocycles. The van der Waals surface area contributed by atoms with Gasteiger partial charge in [-0.3, -0.25) is 4.90 Å². The molecule has 1 saturated heterocycles. The number of aryl methyl sites for hydroxylation is 1. The summed E-state index contributed by atoms with van der Waals surface area (Å²) in [6.45, 7) is 4.34. The molecular formula is C29H39Cl2N3O. The van der Waals surface area contributed by atoms with Gasteiger partial charge in [0.15, 0.2) is 5.58 Å². The SMILES string of the molecule is CN(C)Cc1c(C=CC2CC2)ccc2c(CCC3CCN(Cc4ccccc4)CC3)noc12.Cl.Cl. The monoisotopic (exact) mass is 515 g/mol. The van der Waals surface area contributed by atoms with Gasteiger partial charge in [0, 0.05) is 24.0 Å². The number of nitrogens with zero attached hydrogens (tertiary/aromatic N) is 3. The lowest BCUT2D eigenvalue weighted by Crippen LogP contribution is -2.33. The zero-order valence-corrected chi connectivity index (χ0v) is 22.6. The minimum absolute atomic E-state index is 0. The Morgan fingerprint density at radius 1 is 1.00 bits per heavy atom. The highest BCUT2D eigenvalue weighted by molar-refractivity contribution is 5.86. The van der Waals surface area contributed by atoms with Crippen LogP contribution in [0.15, 0.2) is 53.1 Å². The Kier molecular flexibility index (Phi) is 10.2. The van der Waals surface area contributed by atoms with Crippen LogP contribution in [0.5, 0.6) is 0 Å². The summed E-state index contributed by atoms with van der Waals surface area (Å²) in [5.41, 5.74) is 6.08. The van der Waals surface area contributed by atoms with E-state index in [-0.39, 0.29) is 24.8 Å². The van der Waals surface area contributed by atoms with E-state index in [1.165, 1.54) is 67.3 Å². The third-order valence-electron chi connectivity index (χ3n) is 7.24. The van der Waals surface area contributed by atoms with E-state index in [4.69, 9.17) is 4.52 Å². The molecule has 2 aliphatic rings. The Bertz CT molecular complexity index is 1080. The lowest BCUT2D eigenvalue weighted by Gasteiger charge is -2.31. The summed E-state index contributed by atoms with van der Waals surface area (Å²) in [5, 5.41) is 5.74. The molecule has 2 fully saturated rings. The van der Waals surface area contributed by atoms with Gasteiger partial charge in [-0.05, 0) is 94.7 Å². The van der Waals surface area contributed by atoms with Gasteiger partial charge in [0.25, 0.3) is 0 Å². The molecule has 0 spiro atoms. The van der Waals surface area contributed by atoms with Gasteiger partial charge in [0.05, 0.1) is 5.69 Å². The van der Waals surface area contributed by atoms with Crippen LogP contribution in [0.1, 0.15) is 54.5 Å². The smallest absolute Gasteiger partial charge is 0.172 e. The molecule has 5 rings (SSSR count). The quantitative estimate of drug-likeness (QED) is 0.307. The van der Waals surface area contributed by atoms with Crippen molar-refractivity contribution in [1.29, 1.82) is 0 Å². The predicted octanol–water partition coefficient (Wildman–Crippen LogP) is 7.00. The summed E-state index contributed by atoms with van der Waals surface area (Å²) >= 11 is 0. The maximum Gasteiger partial charge on any atom is 0.172 e. The standard InChI is InChI=1S/C29H37N3O.2ClH/c1-31(2)21-27-25(12-10-22-8-9-22)13-14-26-28(30-33-29(26)27)15-11-23-16-18-32(19-17-23)20-24-6-4-3-5-7-24;;/h3-7,10,12-14,22-23H,8-9,11,15-21H2,1-2H3;2*1H. The maximum atomic E-state index is 5.95. The molecule has 0 amide bonds. The van der Waals surface area contributed by atoms with E-state index >= 15 is 0 Å². The van der Waals surface area contributed by atoms with Gasteiger partial charge < -0.3 is 9.42 Å². The highest BCUT2D eigenvalue weighted by Gasteiger charge is 2.22. The third kappa shape index (κ3) is 7.33. The molecule has 3 aromatic rings. The number of allylic oxidation sites excluding steroid dienone is 1.